The van der Waals surface area contributed by atoms with Gasteiger partial charge in [0.15, 0.2) is 5.78 Å². The molecule has 1 heterocycles. The molecule has 3 rings (SSSR count). The molecule has 0 N–H and O–H groups in total. The van der Waals surface area contributed by atoms with Crippen LogP contribution >= 0.6 is 0 Å². The number of hydrogen-bond donors (Lipinski definition) is 0. The minimum atomic E-state index is -0.0592. The van der Waals surface area contributed by atoms with Crippen LogP contribution in [0.2, 0.25) is 0 Å². The third kappa shape index (κ3) is 5.43. The molecule has 5 heteroatoms. The van der Waals surface area contributed by atoms with Crippen LogP contribution in [0.5, 0.6) is 11.5 Å². The molecular weight excluding hydrogens is 388 g/mol. The van der Waals surface area contributed by atoms with Gasteiger partial charge in [-0.05, 0) is 61.2 Å². The molecular formula is C26H30N2O3. The Labute approximate surface area is 184 Å². The number of allylic oxidation sites excluding steroid dienone is 1. The SMILES string of the molecule is CCn1ncc(C(=O)/C=C/c2ccc(OC)c(COc3ccc(C(C)C)cc3)c2)c1C. The summed E-state index contributed by atoms with van der Waals surface area (Å²) in [6, 6.07) is 14.0. The Bertz CT molecular complexity index is 1060. The summed E-state index contributed by atoms with van der Waals surface area (Å²) in [4.78, 5) is 12.6. The second-order valence-electron chi connectivity index (χ2n) is 7.74. The van der Waals surface area contributed by atoms with Gasteiger partial charge in [0, 0.05) is 17.8 Å². The minimum Gasteiger partial charge on any atom is -0.496 e. The highest BCUT2D eigenvalue weighted by atomic mass is 16.5. The van der Waals surface area contributed by atoms with Gasteiger partial charge in [-0.25, -0.2) is 0 Å². The molecule has 31 heavy (non-hydrogen) atoms. The standard InChI is InChI=1S/C26H30N2O3/c1-6-28-19(4)24(16-27-28)25(29)13-7-20-8-14-26(30-5)22(15-20)17-31-23-11-9-21(10-12-23)18(2)3/h7-16,18H,6,17H2,1-5H3/b13-7+. The number of aromatic nitrogens is 2. The summed E-state index contributed by atoms with van der Waals surface area (Å²) in [5.41, 5.74) is 4.61. The van der Waals surface area contributed by atoms with Crippen LogP contribution in [0, 0.1) is 6.92 Å². The number of methoxy groups -OCH3 is 1. The molecule has 0 aliphatic heterocycles. The van der Waals surface area contributed by atoms with Gasteiger partial charge in [-0.15, -0.1) is 0 Å². The van der Waals surface area contributed by atoms with Crippen molar-refractivity contribution < 1.29 is 14.3 Å². The largest absolute Gasteiger partial charge is 0.496 e. The average molecular weight is 419 g/mol. The highest BCUT2D eigenvalue weighted by Gasteiger charge is 2.11. The average Bonchev–Trinajstić information content (AvgIpc) is 3.16. The smallest absolute Gasteiger partial charge is 0.189 e. The van der Waals surface area contributed by atoms with E-state index in [0.717, 1.165) is 34.9 Å². The monoisotopic (exact) mass is 418 g/mol. The van der Waals surface area contributed by atoms with Crippen molar-refractivity contribution in [2.45, 2.75) is 46.8 Å². The first kappa shape index (κ1) is 22.3. The Morgan fingerprint density at radius 2 is 1.90 bits per heavy atom. The van der Waals surface area contributed by atoms with E-state index in [2.05, 4.69) is 31.1 Å². The van der Waals surface area contributed by atoms with Crippen LogP contribution < -0.4 is 9.47 Å². The zero-order valence-electron chi connectivity index (χ0n) is 18.9. The van der Waals surface area contributed by atoms with E-state index in [1.54, 1.807) is 19.4 Å². The van der Waals surface area contributed by atoms with Crippen LogP contribution in [0.25, 0.3) is 6.08 Å². The molecule has 0 unspecified atom stereocenters. The summed E-state index contributed by atoms with van der Waals surface area (Å²) in [6.07, 6.45) is 5.02. The maximum atomic E-state index is 12.6. The van der Waals surface area contributed by atoms with Crippen molar-refractivity contribution in [3.8, 4) is 11.5 Å². The third-order valence-electron chi connectivity index (χ3n) is 5.34. The predicted molar refractivity (Wildman–Crippen MR) is 124 cm³/mol. The first-order valence-corrected chi connectivity index (χ1v) is 10.6. The Balaban J connectivity index is 1.72. The summed E-state index contributed by atoms with van der Waals surface area (Å²) in [7, 11) is 1.64. The van der Waals surface area contributed by atoms with E-state index in [4.69, 9.17) is 9.47 Å². The number of ketones is 1. The van der Waals surface area contributed by atoms with Crippen molar-refractivity contribution in [2.75, 3.05) is 7.11 Å². The van der Waals surface area contributed by atoms with Gasteiger partial charge in [0.2, 0.25) is 0 Å². The Kier molecular flexibility index (Phi) is 7.29. The van der Waals surface area contributed by atoms with Crippen molar-refractivity contribution in [2.24, 2.45) is 0 Å². The molecule has 0 radical (unpaired) electrons. The van der Waals surface area contributed by atoms with Crippen molar-refractivity contribution in [3.05, 3.63) is 82.7 Å². The molecule has 0 aliphatic carbocycles. The molecule has 3 aromatic rings. The number of hydrogen-bond acceptors (Lipinski definition) is 4. The van der Waals surface area contributed by atoms with Crippen molar-refractivity contribution in [1.29, 1.82) is 0 Å². The lowest BCUT2D eigenvalue weighted by Gasteiger charge is -2.12. The summed E-state index contributed by atoms with van der Waals surface area (Å²) in [5, 5.41) is 4.24. The zero-order valence-corrected chi connectivity index (χ0v) is 18.9. The number of benzene rings is 2. The Morgan fingerprint density at radius 1 is 1.16 bits per heavy atom. The van der Waals surface area contributed by atoms with E-state index in [1.807, 2.05) is 54.9 Å². The van der Waals surface area contributed by atoms with Crippen molar-refractivity contribution in [3.63, 3.8) is 0 Å². The van der Waals surface area contributed by atoms with Crippen LogP contribution in [0.1, 0.15) is 59.4 Å². The maximum Gasteiger partial charge on any atom is 0.189 e. The van der Waals surface area contributed by atoms with Crippen LogP contribution in [0.3, 0.4) is 0 Å². The normalized spacial score (nSPS) is 11.3. The molecule has 0 bridgehead atoms. The van der Waals surface area contributed by atoms with Gasteiger partial charge in [0.25, 0.3) is 0 Å². The van der Waals surface area contributed by atoms with Gasteiger partial charge in [0.1, 0.15) is 18.1 Å². The number of rotatable bonds is 9. The lowest BCUT2D eigenvalue weighted by molar-refractivity contribution is 0.104. The number of ether oxygens (including phenoxy) is 2. The van der Waals surface area contributed by atoms with Crippen molar-refractivity contribution in [1.82, 2.24) is 9.78 Å². The fraction of sp³-hybridized carbons (Fsp3) is 0.308. The maximum absolute atomic E-state index is 12.6. The van der Waals surface area contributed by atoms with Crippen LogP contribution in [0.15, 0.2) is 54.7 Å². The summed E-state index contributed by atoms with van der Waals surface area (Å²) in [5.74, 6) is 1.99. The van der Waals surface area contributed by atoms with E-state index in [-0.39, 0.29) is 5.78 Å². The highest BCUT2D eigenvalue weighted by Crippen LogP contribution is 2.24. The van der Waals surface area contributed by atoms with E-state index in [0.29, 0.717) is 18.1 Å². The van der Waals surface area contributed by atoms with Gasteiger partial charge < -0.3 is 9.47 Å². The van der Waals surface area contributed by atoms with Gasteiger partial charge in [-0.3, -0.25) is 9.48 Å². The number of carbonyl (C=O) groups excluding carboxylic acids is 1. The number of carbonyl (C=O) groups is 1. The summed E-state index contributed by atoms with van der Waals surface area (Å²) >= 11 is 0. The molecule has 0 amide bonds. The van der Waals surface area contributed by atoms with Crippen molar-refractivity contribution >= 4 is 11.9 Å². The lowest BCUT2D eigenvalue weighted by Crippen LogP contribution is -2.02. The molecule has 162 valence electrons. The highest BCUT2D eigenvalue weighted by molar-refractivity contribution is 6.07. The topological polar surface area (TPSA) is 53.4 Å². The van der Waals surface area contributed by atoms with Gasteiger partial charge in [-0.2, -0.15) is 5.10 Å². The molecule has 0 saturated carbocycles. The number of nitrogens with zero attached hydrogens (tertiary/aromatic N) is 2. The molecule has 0 fully saturated rings. The second kappa shape index (κ2) is 10.1. The van der Waals surface area contributed by atoms with E-state index in [9.17, 15) is 4.79 Å². The molecule has 0 spiro atoms. The molecule has 0 aliphatic rings. The van der Waals surface area contributed by atoms with Gasteiger partial charge in [-0.1, -0.05) is 38.1 Å². The predicted octanol–water partition coefficient (Wildman–Crippen LogP) is 5.82. The minimum absolute atomic E-state index is 0.0592. The fourth-order valence-corrected chi connectivity index (χ4v) is 3.39. The first-order chi connectivity index (χ1) is 14.9. The van der Waals surface area contributed by atoms with E-state index >= 15 is 0 Å². The van der Waals surface area contributed by atoms with Crippen LogP contribution in [-0.4, -0.2) is 22.7 Å². The second-order valence-corrected chi connectivity index (χ2v) is 7.74. The Hall–Kier alpha value is -3.34. The fourth-order valence-electron chi connectivity index (χ4n) is 3.39. The number of aryl methyl sites for hydroxylation is 1. The van der Waals surface area contributed by atoms with E-state index < -0.39 is 0 Å². The zero-order chi connectivity index (χ0) is 22.4. The van der Waals surface area contributed by atoms with Gasteiger partial charge >= 0.3 is 0 Å². The summed E-state index contributed by atoms with van der Waals surface area (Å²) in [6.45, 7) is 9.37. The summed E-state index contributed by atoms with van der Waals surface area (Å²) < 4.78 is 13.3. The first-order valence-electron chi connectivity index (χ1n) is 10.6. The molecule has 0 saturated heterocycles. The quantitative estimate of drug-likeness (QED) is 0.325. The van der Waals surface area contributed by atoms with Crippen LogP contribution in [-0.2, 0) is 13.2 Å². The Morgan fingerprint density at radius 3 is 2.52 bits per heavy atom. The molecule has 0 atom stereocenters. The van der Waals surface area contributed by atoms with Crippen LogP contribution in [0.4, 0.5) is 0 Å². The molecule has 5 nitrogen and oxygen atoms in total. The molecule has 2 aromatic carbocycles. The van der Waals surface area contributed by atoms with E-state index in [1.165, 1.54) is 5.56 Å². The van der Waals surface area contributed by atoms with Gasteiger partial charge in [0.05, 0.1) is 18.9 Å². The molecule has 1 aromatic heterocycles. The third-order valence-corrected chi connectivity index (χ3v) is 5.34. The lowest BCUT2D eigenvalue weighted by atomic mass is 10.0.